The van der Waals surface area contributed by atoms with Gasteiger partial charge >= 0.3 is 11.7 Å². The molecule has 1 amide bonds. The Kier molecular flexibility index (Phi) is 10.5. The van der Waals surface area contributed by atoms with Gasteiger partial charge in [0, 0.05) is 37.1 Å². The van der Waals surface area contributed by atoms with Gasteiger partial charge in [-0.05, 0) is 111 Å². The Hall–Kier alpha value is -3.99. The number of alkyl halides is 1. The number of rotatable bonds is 12. The number of carbonyl (C=O) groups excluding carboxylic acids is 1. The molecule has 1 saturated heterocycles. The number of hydrogen-bond acceptors (Lipinski definition) is 5. The first-order valence-corrected chi connectivity index (χ1v) is 15.5. The number of nitrogens with one attached hydrogen (secondary N) is 1. The molecule has 4 rings (SSSR count). The smallest absolute Gasteiger partial charge is 0.348 e. The summed E-state index contributed by atoms with van der Waals surface area (Å²) in [5, 5.41) is 12.5. The van der Waals surface area contributed by atoms with Crippen LogP contribution in [0.25, 0.3) is 11.1 Å². The Morgan fingerprint density at radius 2 is 1.67 bits per heavy atom. The predicted octanol–water partition coefficient (Wildman–Crippen LogP) is 5.93. The van der Waals surface area contributed by atoms with Gasteiger partial charge in [-0.25, -0.2) is 18.0 Å². The van der Waals surface area contributed by atoms with Crippen molar-refractivity contribution in [3.63, 3.8) is 0 Å². The molecule has 0 spiro atoms. The van der Waals surface area contributed by atoms with Crippen LogP contribution in [0.3, 0.4) is 0 Å². The van der Waals surface area contributed by atoms with Gasteiger partial charge in [-0.2, -0.15) is 4.98 Å². The molecule has 2 atom stereocenters. The summed E-state index contributed by atoms with van der Waals surface area (Å²) >= 11 is 0. The van der Waals surface area contributed by atoms with Crippen LogP contribution in [0.1, 0.15) is 79.2 Å². The van der Waals surface area contributed by atoms with Crippen LogP contribution >= 0.6 is 0 Å². The van der Waals surface area contributed by atoms with Crippen molar-refractivity contribution >= 4 is 11.9 Å². The Morgan fingerprint density at radius 3 is 2.24 bits per heavy atom. The summed E-state index contributed by atoms with van der Waals surface area (Å²) in [4.78, 5) is 45.3. The molecular formula is C35H43F3N4O4. The molecule has 0 radical (unpaired) electrons. The van der Waals surface area contributed by atoms with Crippen LogP contribution in [0, 0.1) is 45.2 Å². The van der Waals surface area contributed by atoms with Crippen LogP contribution in [-0.4, -0.2) is 56.7 Å². The topological polar surface area (TPSA) is 105 Å². The van der Waals surface area contributed by atoms with Crippen molar-refractivity contribution in [1.82, 2.24) is 19.8 Å². The number of hydrogen-bond donors (Lipinski definition) is 2. The van der Waals surface area contributed by atoms with E-state index in [0.717, 1.165) is 5.56 Å². The molecule has 8 nitrogen and oxygen atoms in total. The Morgan fingerprint density at radius 1 is 1.04 bits per heavy atom. The number of carboxylic acid groups (broad SMARTS) is 1. The van der Waals surface area contributed by atoms with Crippen molar-refractivity contribution in [2.24, 2.45) is 5.92 Å². The fraction of sp³-hybridized carbons (Fsp3) is 0.486. The summed E-state index contributed by atoms with van der Waals surface area (Å²) in [5.74, 6) is -3.02. The molecular weight excluding hydrogens is 597 g/mol. The average molecular weight is 641 g/mol. The number of aromatic nitrogens is 2. The lowest BCUT2D eigenvalue weighted by atomic mass is 9.90. The molecule has 1 fully saturated rings. The molecule has 2 N–H and O–H groups in total. The van der Waals surface area contributed by atoms with E-state index in [1.165, 1.54) is 22.8 Å². The summed E-state index contributed by atoms with van der Waals surface area (Å²) in [7, 11) is 0. The fourth-order valence-corrected chi connectivity index (χ4v) is 6.42. The van der Waals surface area contributed by atoms with E-state index in [4.69, 9.17) is 0 Å². The molecule has 0 unspecified atom stereocenters. The third-order valence-corrected chi connectivity index (χ3v) is 8.52. The van der Waals surface area contributed by atoms with Crippen molar-refractivity contribution in [3.05, 3.63) is 86.1 Å². The third-order valence-electron chi connectivity index (χ3n) is 8.52. The molecule has 248 valence electrons. The Bertz CT molecular complexity index is 1670. The maximum atomic E-state index is 15.7. The second-order valence-corrected chi connectivity index (χ2v) is 13.3. The summed E-state index contributed by atoms with van der Waals surface area (Å²) in [6, 6.07) is 3.53. The molecule has 11 heteroatoms. The fourth-order valence-electron chi connectivity index (χ4n) is 6.42. The van der Waals surface area contributed by atoms with Crippen molar-refractivity contribution < 1.29 is 27.9 Å². The summed E-state index contributed by atoms with van der Waals surface area (Å²) < 4.78 is 45.0. The number of carboxylic acids is 1. The minimum Gasteiger partial charge on any atom is -0.481 e. The molecule has 46 heavy (non-hydrogen) atoms. The first-order chi connectivity index (χ1) is 21.5. The molecule has 3 aromatic rings. The van der Waals surface area contributed by atoms with Crippen LogP contribution < -0.4 is 11.0 Å². The zero-order chi connectivity index (χ0) is 34.1. The highest BCUT2D eigenvalue weighted by Crippen LogP contribution is 2.34. The minimum absolute atomic E-state index is 0.0262. The normalized spacial score (nSPS) is 15.8. The zero-order valence-electron chi connectivity index (χ0n) is 27.5. The first-order valence-electron chi connectivity index (χ1n) is 15.5. The van der Waals surface area contributed by atoms with Gasteiger partial charge in [0.25, 0.3) is 0 Å². The molecule has 1 aromatic heterocycles. The second-order valence-electron chi connectivity index (χ2n) is 13.3. The molecule has 0 bridgehead atoms. The van der Waals surface area contributed by atoms with Gasteiger partial charge in [0.2, 0.25) is 5.91 Å². The lowest BCUT2D eigenvalue weighted by Gasteiger charge is -2.42. The number of carbonyl (C=O) groups is 2. The van der Waals surface area contributed by atoms with Crippen molar-refractivity contribution in [1.29, 1.82) is 0 Å². The van der Waals surface area contributed by atoms with E-state index < -0.39 is 53.4 Å². The van der Waals surface area contributed by atoms with Crippen LogP contribution in [0.15, 0.2) is 35.3 Å². The highest BCUT2D eigenvalue weighted by Gasteiger charge is 2.38. The standard InChI is InChI=1S/C35H43F3N4O4/c1-19(2)10-29(42-16-24(23(6)39-34(42)46)8-9-41-17-35(7,38)18-41)33(45)40-28(15-30(43)44)27-14-25(11-22(5)32(27)37)31-20(3)12-26(36)13-21(31)4/h11-14,16,19,28-29H,8-10,15,17-18H2,1-7H3,(H,40,45)(H,43,44)/t28-,29-/m0/s1. The van der Waals surface area contributed by atoms with Crippen LogP contribution in [0.2, 0.25) is 0 Å². The van der Waals surface area contributed by atoms with Crippen LogP contribution in [0.4, 0.5) is 13.2 Å². The maximum Gasteiger partial charge on any atom is 0.348 e. The van der Waals surface area contributed by atoms with Gasteiger partial charge in [0.15, 0.2) is 0 Å². The van der Waals surface area contributed by atoms with Crippen LogP contribution in [-0.2, 0) is 16.0 Å². The monoisotopic (exact) mass is 640 g/mol. The van der Waals surface area contributed by atoms with E-state index >= 15 is 4.39 Å². The third kappa shape index (κ3) is 8.04. The van der Waals surface area contributed by atoms with Crippen molar-refractivity contribution in [2.45, 2.75) is 85.5 Å². The number of nitrogens with zero attached hydrogens (tertiary/aromatic N) is 3. The molecule has 2 aromatic carbocycles. The summed E-state index contributed by atoms with van der Waals surface area (Å²) in [6.07, 6.45) is 1.71. The minimum atomic E-state index is -1.27. The number of aliphatic carboxylic acids is 1. The maximum absolute atomic E-state index is 15.7. The number of amides is 1. The lowest BCUT2D eigenvalue weighted by Crippen LogP contribution is -2.57. The molecule has 1 aliphatic rings. The van der Waals surface area contributed by atoms with Crippen molar-refractivity contribution in [3.8, 4) is 11.1 Å². The molecule has 2 heterocycles. The lowest BCUT2D eigenvalue weighted by molar-refractivity contribution is -0.138. The molecule has 0 aliphatic carbocycles. The van der Waals surface area contributed by atoms with E-state index in [1.54, 1.807) is 46.9 Å². The Labute approximate surface area is 267 Å². The van der Waals surface area contributed by atoms with E-state index in [-0.39, 0.29) is 23.5 Å². The highest BCUT2D eigenvalue weighted by atomic mass is 19.1. The van der Waals surface area contributed by atoms with Gasteiger partial charge < -0.3 is 10.4 Å². The molecule has 1 aliphatic heterocycles. The van der Waals surface area contributed by atoms with Crippen molar-refractivity contribution in [2.75, 3.05) is 19.6 Å². The largest absolute Gasteiger partial charge is 0.481 e. The van der Waals surface area contributed by atoms with Gasteiger partial charge in [0.1, 0.15) is 23.3 Å². The first kappa shape index (κ1) is 34.9. The number of benzene rings is 2. The van der Waals surface area contributed by atoms with E-state index in [1.807, 2.05) is 18.7 Å². The molecule has 0 saturated carbocycles. The SMILES string of the molecule is Cc1cc(-c2c(C)cc(F)cc2C)cc([C@H](CC(=O)O)NC(=O)[C@H](CC(C)C)n2cc(CCN3CC(C)(F)C3)c(C)nc2=O)c1F. The Balaban J connectivity index is 1.70. The van der Waals surface area contributed by atoms with Gasteiger partial charge in [0.05, 0.1) is 12.5 Å². The van der Waals surface area contributed by atoms with Gasteiger partial charge in [-0.15, -0.1) is 0 Å². The van der Waals surface area contributed by atoms with Crippen LogP contribution in [0.5, 0.6) is 0 Å². The highest BCUT2D eigenvalue weighted by molar-refractivity contribution is 5.82. The number of halogens is 3. The zero-order valence-corrected chi connectivity index (χ0v) is 27.5. The summed E-state index contributed by atoms with van der Waals surface area (Å²) in [5.41, 5.74) is 2.10. The van der Waals surface area contributed by atoms with E-state index in [0.29, 0.717) is 54.0 Å². The predicted molar refractivity (Wildman–Crippen MR) is 171 cm³/mol. The summed E-state index contributed by atoms with van der Waals surface area (Å²) in [6.45, 7) is 13.3. The second kappa shape index (κ2) is 13.8. The van der Waals surface area contributed by atoms with E-state index in [2.05, 4.69) is 10.3 Å². The van der Waals surface area contributed by atoms with E-state index in [9.17, 15) is 28.3 Å². The van der Waals surface area contributed by atoms with Gasteiger partial charge in [-0.3, -0.25) is 19.1 Å². The van der Waals surface area contributed by atoms with Gasteiger partial charge in [-0.1, -0.05) is 13.8 Å². The average Bonchev–Trinajstić information content (AvgIpc) is 2.90. The number of likely N-dealkylation sites (tertiary alicyclic amines) is 1. The number of aryl methyl sites for hydroxylation is 4. The quantitative estimate of drug-likeness (QED) is 0.255.